The number of morpholine rings is 1. The molecule has 4 rings (SSSR count). The van der Waals surface area contributed by atoms with Gasteiger partial charge in [-0.3, -0.25) is 10.2 Å². The minimum absolute atomic E-state index is 0. The molecule has 0 bridgehead atoms. The lowest BCUT2D eigenvalue weighted by molar-refractivity contribution is 0.0236. The number of pyridine rings is 1. The second kappa shape index (κ2) is 12.1. The van der Waals surface area contributed by atoms with Crippen molar-refractivity contribution in [1.29, 1.82) is 0 Å². The maximum atomic E-state index is 10.3. The van der Waals surface area contributed by atoms with E-state index in [2.05, 4.69) is 10.2 Å². The third kappa shape index (κ3) is 6.40. The van der Waals surface area contributed by atoms with Crippen LogP contribution in [-0.2, 0) is 4.74 Å². The summed E-state index contributed by atoms with van der Waals surface area (Å²) in [5.74, 6) is 0.719. The molecule has 1 aliphatic heterocycles. The van der Waals surface area contributed by atoms with Crippen molar-refractivity contribution in [3.05, 3.63) is 60.7 Å². The van der Waals surface area contributed by atoms with Crippen molar-refractivity contribution in [2.75, 3.05) is 39.4 Å². The number of rotatable bonds is 9. The Labute approximate surface area is 196 Å². The summed E-state index contributed by atoms with van der Waals surface area (Å²) in [7, 11) is 0. The van der Waals surface area contributed by atoms with Crippen LogP contribution in [0.4, 0.5) is 0 Å². The standard InChI is InChI=1S/C25H31N3O3.ClH/c1-19(29)25(26-12-7-13-28-14-16-30-17-15-28)31-24-18-23(20-8-3-2-4-9-20)27-22-11-6-5-10-21(22)24;/h2-6,8-11,18-19,25-26,29H,7,12-17H2,1H3;1H. The molecule has 1 saturated heterocycles. The molecule has 6 nitrogen and oxygen atoms in total. The molecule has 0 aliphatic carbocycles. The molecule has 2 aromatic carbocycles. The Kier molecular flexibility index (Phi) is 9.26. The number of fused-ring (bicyclic) bond motifs is 1. The molecular formula is C25H32ClN3O3. The largest absolute Gasteiger partial charge is 0.472 e. The maximum absolute atomic E-state index is 10.3. The average molecular weight is 458 g/mol. The Morgan fingerprint density at radius 3 is 2.56 bits per heavy atom. The molecule has 2 atom stereocenters. The van der Waals surface area contributed by atoms with E-state index in [1.54, 1.807) is 6.92 Å². The first-order valence-electron chi connectivity index (χ1n) is 11.0. The number of ether oxygens (including phenoxy) is 2. The van der Waals surface area contributed by atoms with Crippen molar-refractivity contribution in [3.63, 3.8) is 0 Å². The number of aliphatic hydroxyl groups excluding tert-OH is 1. The van der Waals surface area contributed by atoms with Crippen LogP contribution in [0.3, 0.4) is 0 Å². The molecule has 2 heterocycles. The third-order valence-corrected chi connectivity index (χ3v) is 5.54. The van der Waals surface area contributed by atoms with Gasteiger partial charge in [-0.2, -0.15) is 0 Å². The summed E-state index contributed by atoms with van der Waals surface area (Å²) in [6.07, 6.45) is -0.173. The second-order valence-electron chi connectivity index (χ2n) is 7.93. The zero-order valence-corrected chi connectivity index (χ0v) is 19.3. The van der Waals surface area contributed by atoms with Gasteiger partial charge in [-0.05, 0) is 38.6 Å². The van der Waals surface area contributed by atoms with Crippen LogP contribution in [-0.4, -0.2) is 66.7 Å². The van der Waals surface area contributed by atoms with E-state index in [1.807, 2.05) is 60.7 Å². The minimum atomic E-state index is -0.657. The Morgan fingerprint density at radius 1 is 1.09 bits per heavy atom. The number of aliphatic hydroxyl groups is 1. The van der Waals surface area contributed by atoms with Crippen molar-refractivity contribution in [3.8, 4) is 17.0 Å². The summed E-state index contributed by atoms with van der Waals surface area (Å²) < 4.78 is 11.7. The average Bonchev–Trinajstić information content (AvgIpc) is 2.82. The Hall–Kier alpha value is -2.22. The van der Waals surface area contributed by atoms with Crippen LogP contribution in [0.25, 0.3) is 22.2 Å². The van der Waals surface area contributed by atoms with Crippen molar-refractivity contribution >= 4 is 23.3 Å². The lowest BCUT2D eigenvalue weighted by atomic mass is 10.1. The summed E-state index contributed by atoms with van der Waals surface area (Å²) in [5.41, 5.74) is 2.76. The molecule has 2 unspecified atom stereocenters. The van der Waals surface area contributed by atoms with E-state index in [0.29, 0.717) is 0 Å². The first-order chi connectivity index (χ1) is 15.2. The highest BCUT2D eigenvalue weighted by Gasteiger charge is 2.19. The van der Waals surface area contributed by atoms with Crippen molar-refractivity contribution in [2.45, 2.75) is 25.7 Å². The summed E-state index contributed by atoms with van der Waals surface area (Å²) >= 11 is 0. The number of aromatic nitrogens is 1. The van der Waals surface area contributed by atoms with E-state index >= 15 is 0 Å². The molecular weight excluding hydrogens is 426 g/mol. The van der Waals surface area contributed by atoms with Gasteiger partial charge in [0.25, 0.3) is 0 Å². The van der Waals surface area contributed by atoms with Gasteiger partial charge >= 0.3 is 0 Å². The summed E-state index contributed by atoms with van der Waals surface area (Å²) in [6, 6.07) is 20.0. The normalized spacial score (nSPS) is 16.3. The molecule has 1 aliphatic rings. The third-order valence-electron chi connectivity index (χ3n) is 5.54. The molecule has 0 radical (unpaired) electrons. The van der Waals surface area contributed by atoms with E-state index in [4.69, 9.17) is 14.5 Å². The number of halogens is 1. The SMILES string of the molecule is CC(O)C(NCCCN1CCOCC1)Oc1cc(-c2ccccc2)nc2ccccc12.Cl. The molecule has 2 N–H and O–H groups in total. The zero-order valence-electron chi connectivity index (χ0n) is 18.4. The van der Waals surface area contributed by atoms with Crippen LogP contribution in [0.1, 0.15) is 13.3 Å². The Morgan fingerprint density at radius 2 is 1.81 bits per heavy atom. The van der Waals surface area contributed by atoms with Crippen LogP contribution in [0.15, 0.2) is 60.7 Å². The quantitative estimate of drug-likeness (QED) is 0.377. The molecule has 0 saturated carbocycles. The Bertz CT molecular complexity index is 965. The lowest BCUT2D eigenvalue weighted by Crippen LogP contribution is -2.44. The van der Waals surface area contributed by atoms with Crippen molar-refractivity contribution in [1.82, 2.24) is 15.2 Å². The van der Waals surface area contributed by atoms with E-state index in [1.165, 1.54) is 0 Å². The highest BCUT2D eigenvalue weighted by molar-refractivity contribution is 5.87. The minimum Gasteiger partial charge on any atom is -0.472 e. The zero-order chi connectivity index (χ0) is 21.5. The fourth-order valence-corrected chi connectivity index (χ4v) is 3.82. The van der Waals surface area contributed by atoms with Gasteiger partial charge in [0.2, 0.25) is 0 Å². The highest BCUT2D eigenvalue weighted by atomic mass is 35.5. The smallest absolute Gasteiger partial charge is 0.176 e. The van der Waals surface area contributed by atoms with Gasteiger partial charge < -0.3 is 14.6 Å². The molecule has 7 heteroatoms. The maximum Gasteiger partial charge on any atom is 0.176 e. The lowest BCUT2D eigenvalue weighted by Gasteiger charge is -2.27. The monoisotopic (exact) mass is 457 g/mol. The summed E-state index contributed by atoms with van der Waals surface area (Å²) in [4.78, 5) is 7.22. The van der Waals surface area contributed by atoms with Crippen LogP contribution in [0.2, 0.25) is 0 Å². The van der Waals surface area contributed by atoms with Gasteiger partial charge in [0.1, 0.15) is 11.9 Å². The number of hydrogen-bond donors (Lipinski definition) is 2. The molecule has 0 spiro atoms. The van der Waals surface area contributed by atoms with Gasteiger partial charge in [0, 0.05) is 30.1 Å². The van der Waals surface area contributed by atoms with Crippen LogP contribution < -0.4 is 10.1 Å². The van der Waals surface area contributed by atoms with Gasteiger partial charge in [-0.25, -0.2) is 4.98 Å². The first-order valence-corrected chi connectivity index (χ1v) is 11.0. The van der Waals surface area contributed by atoms with Gasteiger partial charge in [0.15, 0.2) is 6.23 Å². The summed E-state index contributed by atoms with van der Waals surface area (Å²) in [6.45, 7) is 7.13. The number of para-hydroxylation sites is 1. The number of nitrogens with one attached hydrogen (secondary N) is 1. The van der Waals surface area contributed by atoms with Gasteiger partial charge in [-0.1, -0.05) is 42.5 Å². The molecule has 3 aromatic rings. The predicted octanol–water partition coefficient (Wildman–Crippen LogP) is 3.72. The summed E-state index contributed by atoms with van der Waals surface area (Å²) in [5, 5.41) is 14.7. The molecule has 1 fully saturated rings. The van der Waals surface area contributed by atoms with E-state index < -0.39 is 12.3 Å². The Balaban J connectivity index is 0.00000289. The van der Waals surface area contributed by atoms with Crippen molar-refractivity contribution in [2.24, 2.45) is 0 Å². The predicted molar refractivity (Wildman–Crippen MR) is 130 cm³/mol. The van der Waals surface area contributed by atoms with Gasteiger partial charge in [0.05, 0.1) is 24.4 Å². The molecule has 32 heavy (non-hydrogen) atoms. The van der Waals surface area contributed by atoms with Crippen LogP contribution in [0.5, 0.6) is 5.75 Å². The topological polar surface area (TPSA) is 66.9 Å². The molecule has 0 amide bonds. The van der Waals surface area contributed by atoms with E-state index in [9.17, 15) is 5.11 Å². The van der Waals surface area contributed by atoms with Gasteiger partial charge in [-0.15, -0.1) is 12.4 Å². The van der Waals surface area contributed by atoms with Crippen molar-refractivity contribution < 1.29 is 14.6 Å². The number of nitrogens with zero attached hydrogens (tertiary/aromatic N) is 2. The van der Waals surface area contributed by atoms with Crippen LogP contribution in [0, 0.1) is 0 Å². The molecule has 1 aromatic heterocycles. The van der Waals surface area contributed by atoms with Crippen LogP contribution >= 0.6 is 12.4 Å². The fraction of sp³-hybridized carbons (Fsp3) is 0.400. The number of hydrogen-bond acceptors (Lipinski definition) is 6. The highest BCUT2D eigenvalue weighted by Crippen LogP contribution is 2.30. The van der Waals surface area contributed by atoms with E-state index in [-0.39, 0.29) is 12.4 Å². The first kappa shape index (κ1) is 24.4. The fourth-order valence-electron chi connectivity index (χ4n) is 3.82. The molecule has 172 valence electrons. The van der Waals surface area contributed by atoms with E-state index in [0.717, 1.165) is 73.7 Å². The number of benzene rings is 2. The second-order valence-corrected chi connectivity index (χ2v) is 7.93.